The van der Waals surface area contributed by atoms with Gasteiger partial charge >= 0.3 is 0 Å². The third-order valence-electron chi connectivity index (χ3n) is 3.75. The zero-order valence-corrected chi connectivity index (χ0v) is 15.7. The highest BCUT2D eigenvalue weighted by molar-refractivity contribution is 7.94. The van der Waals surface area contributed by atoms with E-state index in [4.69, 9.17) is 0 Å². The minimum absolute atomic E-state index is 0.178. The molecule has 0 spiro atoms. The van der Waals surface area contributed by atoms with Gasteiger partial charge in [-0.3, -0.25) is 4.72 Å². The highest BCUT2D eigenvalue weighted by atomic mass is 32.2. The fraction of sp³-hybridized carbons (Fsp3) is 0.176. The maximum absolute atomic E-state index is 12.3. The fourth-order valence-electron chi connectivity index (χ4n) is 2.22. The summed E-state index contributed by atoms with van der Waals surface area (Å²) >= 11 is 1.21. The molecule has 0 unspecified atom stereocenters. The van der Waals surface area contributed by atoms with Crippen molar-refractivity contribution in [3.63, 3.8) is 0 Å². The van der Waals surface area contributed by atoms with E-state index < -0.39 is 10.0 Å². The molecule has 0 saturated heterocycles. The first-order chi connectivity index (χ1) is 11.8. The van der Waals surface area contributed by atoms with Gasteiger partial charge < -0.3 is 5.32 Å². The highest BCUT2D eigenvalue weighted by Gasteiger charge is 2.17. The Bertz CT molecular complexity index is 996. The second kappa shape index (κ2) is 6.81. The Morgan fingerprint density at radius 2 is 1.64 bits per heavy atom. The quantitative estimate of drug-likeness (QED) is 0.705. The van der Waals surface area contributed by atoms with E-state index in [0.29, 0.717) is 5.82 Å². The van der Waals surface area contributed by atoms with E-state index in [1.165, 1.54) is 16.9 Å². The molecular weight excluding hydrogens is 356 g/mol. The van der Waals surface area contributed by atoms with Gasteiger partial charge in [0, 0.05) is 10.6 Å². The summed E-state index contributed by atoms with van der Waals surface area (Å²) < 4.78 is 27.3. The van der Waals surface area contributed by atoms with Gasteiger partial charge in [0.15, 0.2) is 11.6 Å². The van der Waals surface area contributed by atoms with Crippen molar-refractivity contribution in [2.75, 3.05) is 10.0 Å². The minimum atomic E-state index is -3.63. The standard InChI is InChI=1S/C17H18N4O2S2/c1-11-5-4-6-14(13(11)3)18-15-8-9-16(20-19-15)21-25(22,23)17-10-7-12(2)24-17/h4-10H,1-3H3,(H,18,19)(H,20,21). The molecule has 1 aromatic carbocycles. The lowest BCUT2D eigenvalue weighted by Crippen LogP contribution is -2.13. The Kier molecular flexibility index (Phi) is 4.73. The van der Waals surface area contributed by atoms with Crippen LogP contribution in [0.25, 0.3) is 0 Å². The lowest BCUT2D eigenvalue weighted by molar-refractivity contribution is 0.603. The predicted octanol–water partition coefficient (Wildman–Crippen LogP) is 4.01. The van der Waals surface area contributed by atoms with Crippen molar-refractivity contribution in [2.24, 2.45) is 0 Å². The Morgan fingerprint density at radius 1 is 0.920 bits per heavy atom. The molecule has 25 heavy (non-hydrogen) atoms. The molecule has 2 N–H and O–H groups in total. The maximum Gasteiger partial charge on any atom is 0.272 e. The van der Waals surface area contributed by atoms with Gasteiger partial charge in [-0.25, -0.2) is 8.42 Å². The van der Waals surface area contributed by atoms with Gasteiger partial charge in [0.05, 0.1) is 0 Å². The van der Waals surface area contributed by atoms with Gasteiger partial charge in [-0.1, -0.05) is 12.1 Å². The summed E-state index contributed by atoms with van der Waals surface area (Å²) in [4.78, 5) is 0.930. The van der Waals surface area contributed by atoms with Crippen molar-refractivity contribution in [3.8, 4) is 0 Å². The topological polar surface area (TPSA) is 84.0 Å². The van der Waals surface area contributed by atoms with Crippen LogP contribution < -0.4 is 10.0 Å². The van der Waals surface area contributed by atoms with Crippen LogP contribution in [-0.4, -0.2) is 18.6 Å². The van der Waals surface area contributed by atoms with Crippen molar-refractivity contribution in [1.82, 2.24) is 10.2 Å². The number of benzene rings is 1. The third-order valence-corrected chi connectivity index (χ3v) is 6.60. The zero-order valence-electron chi connectivity index (χ0n) is 14.1. The number of hydrogen-bond acceptors (Lipinski definition) is 6. The van der Waals surface area contributed by atoms with Crippen LogP contribution in [0.15, 0.2) is 46.7 Å². The van der Waals surface area contributed by atoms with Gasteiger partial charge in [-0.2, -0.15) is 0 Å². The Hall–Kier alpha value is -2.45. The molecule has 3 rings (SSSR count). The molecule has 130 valence electrons. The molecule has 3 aromatic rings. The number of aryl methyl sites for hydroxylation is 2. The van der Waals surface area contributed by atoms with Crippen molar-refractivity contribution in [3.05, 3.63) is 58.5 Å². The van der Waals surface area contributed by atoms with Crippen LogP contribution >= 0.6 is 11.3 Å². The molecule has 0 fully saturated rings. The van der Waals surface area contributed by atoms with Crippen LogP contribution in [0.5, 0.6) is 0 Å². The Morgan fingerprint density at radius 3 is 2.28 bits per heavy atom. The summed E-state index contributed by atoms with van der Waals surface area (Å²) in [6, 6.07) is 12.6. The molecule has 0 atom stereocenters. The van der Waals surface area contributed by atoms with E-state index in [1.807, 2.05) is 39.0 Å². The molecule has 0 saturated carbocycles. The fourth-order valence-corrected chi connectivity index (χ4v) is 4.50. The summed E-state index contributed by atoms with van der Waals surface area (Å²) in [5, 5.41) is 11.2. The average Bonchev–Trinajstić information content (AvgIpc) is 3.01. The van der Waals surface area contributed by atoms with Crippen molar-refractivity contribution in [2.45, 2.75) is 25.0 Å². The second-order valence-electron chi connectivity index (χ2n) is 5.65. The predicted molar refractivity (Wildman–Crippen MR) is 101 cm³/mol. The van der Waals surface area contributed by atoms with Crippen LogP contribution in [0.4, 0.5) is 17.3 Å². The third kappa shape index (κ3) is 3.97. The van der Waals surface area contributed by atoms with E-state index in [-0.39, 0.29) is 10.0 Å². The number of thiophene rings is 1. The van der Waals surface area contributed by atoms with E-state index in [9.17, 15) is 8.42 Å². The molecule has 8 heteroatoms. The largest absolute Gasteiger partial charge is 0.339 e. The number of sulfonamides is 1. The summed E-state index contributed by atoms with van der Waals surface area (Å²) in [5.74, 6) is 0.723. The maximum atomic E-state index is 12.3. The van der Waals surface area contributed by atoms with E-state index in [1.54, 1.807) is 24.3 Å². The number of aromatic nitrogens is 2. The first kappa shape index (κ1) is 17.4. The monoisotopic (exact) mass is 374 g/mol. The van der Waals surface area contributed by atoms with E-state index >= 15 is 0 Å². The molecule has 2 aromatic heterocycles. The minimum Gasteiger partial charge on any atom is -0.339 e. The van der Waals surface area contributed by atoms with E-state index in [0.717, 1.165) is 16.1 Å². The van der Waals surface area contributed by atoms with Gasteiger partial charge in [0.25, 0.3) is 10.0 Å². The summed E-state index contributed by atoms with van der Waals surface area (Å²) in [6.45, 7) is 5.92. The molecule has 2 heterocycles. The number of nitrogens with one attached hydrogen (secondary N) is 2. The summed E-state index contributed by atoms with van der Waals surface area (Å²) in [6.07, 6.45) is 0. The lowest BCUT2D eigenvalue weighted by atomic mass is 10.1. The molecule has 0 aliphatic heterocycles. The molecule has 6 nitrogen and oxygen atoms in total. The normalized spacial score (nSPS) is 11.3. The first-order valence-electron chi connectivity index (χ1n) is 7.61. The molecule has 0 aliphatic rings. The zero-order chi connectivity index (χ0) is 18.0. The Balaban J connectivity index is 1.75. The van der Waals surface area contributed by atoms with Crippen LogP contribution in [-0.2, 0) is 10.0 Å². The van der Waals surface area contributed by atoms with Crippen LogP contribution in [0.1, 0.15) is 16.0 Å². The second-order valence-corrected chi connectivity index (χ2v) is 8.84. The van der Waals surface area contributed by atoms with Gasteiger partial charge in [-0.15, -0.1) is 21.5 Å². The van der Waals surface area contributed by atoms with Crippen LogP contribution in [0, 0.1) is 20.8 Å². The highest BCUT2D eigenvalue weighted by Crippen LogP contribution is 2.24. The van der Waals surface area contributed by atoms with Crippen molar-refractivity contribution >= 4 is 38.7 Å². The van der Waals surface area contributed by atoms with E-state index in [2.05, 4.69) is 20.2 Å². The number of rotatable bonds is 5. The summed E-state index contributed by atoms with van der Waals surface area (Å²) in [7, 11) is -3.63. The van der Waals surface area contributed by atoms with Gasteiger partial charge in [0.2, 0.25) is 0 Å². The Labute approximate surface area is 151 Å². The van der Waals surface area contributed by atoms with Crippen molar-refractivity contribution in [1.29, 1.82) is 0 Å². The lowest BCUT2D eigenvalue weighted by Gasteiger charge is -2.11. The average molecular weight is 374 g/mol. The number of nitrogens with zero attached hydrogens (tertiary/aromatic N) is 2. The molecule has 0 aliphatic carbocycles. The number of hydrogen-bond donors (Lipinski definition) is 2. The molecular formula is C17H18N4O2S2. The molecule has 0 radical (unpaired) electrons. The molecule has 0 amide bonds. The van der Waals surface area contributed by atoms with Gasteiger partial charge in [0.1, 0.15) is 4.21 Å². The smallest absolute Gasteiger partial charge is 0.272 e. The SMILES string of the molecule is Cc1ccc(S(=O)(=O)Nc2ccc(Nc3cccc(C)c3C)nn2)s1. The first-order valence-corrected chi connectivity index (χ1v) is 9.91. The van der Waals surface area contributed by atoms with Crippen LogP contribution in [0.3, 0.4) is 0 Å². The summed E-state index contributed by atoms with van der Waals surface area (Å²) in [5.41, 5.74) is 3.24. The number of anilines is 3. The van der Waals surface area contributed by atoms with Gasteiger partial charge in [-0.05, 0) is 62.2 Å². The van der Waals surface area contributed by atoms with Crippen LogP contribution in [0.2, 0.25) is 0 Å². The molecule has 0 bridgehead atoms. The van der Waals surface area contributed by atoms with Crippen molar-refractivity contribution < 1.29 is 8.42 Å².